The number of nitrogens with zero attached hydrogens (tertiary/aromatic N) is 2. The molecule has 0 saturated heterocycles. The highest BCUT2D eigenvalue weighted by atomic mass is 16.5. The highest BCUT2D eigenvalue weighted by molar-refractivity contribution is 6.00. The minimum Gasteiger partial charge on any atom is -0.493 e. The van der Waals surface area contributed by atoms with Crippen molar-refractivity contribution in [3.63, 3.8) is 0 Å². The van der Waals surface area contributed by atoms with Gasteiger partial charge in [-0.25, -0.2) is 0 Å². The number of hydrogen-bond acceptors (Lipinski definition) is 3. The normalized spacial score (nSPS) is 26.3. The predicted molar refractivity (Wildman–Crippen MR) is 96.9 cm³/mol. The number of hydrogen-bond donors (Lipinski definition) is 1. The van der Waals surface area contributed by atoms with E-state index in [1.165, 1.54) is 0 Å². The minimum absolute atomic E-state index is 0.00317. The third-order valence-electron chi connectivity index (χ3n) is 4.29. The van der Waals surface area contributed by atoms with E-state index in [4.69, 9.17) is 13.0 Å². The van der Waals surface area contributed by atoms with E-state index in [1.54, 1.807) is 6.92 Å². The van der Waals surface area contributed by atoms with Gasteiger partial charge in [-0.05, 0) is 47.5 Å². The van der Waals surface area contributed by atoms with Crippen LogP contribution in [0.15, 0.2) is 46.2 Å². The fourth-order valence-electron chi connectivity index (χ4n) is 3.10. The van der Waals surface area contributed by atoms with Crippen molar-refractivity contribution in [1.29, 1.82) is 0 Å². The van der Waals surface area contributed by atoms with Crippen LogP contribution in [-0.4, -0.2) is 29.1 Å². The van der Waals surface area contributed by atoms with Gasteiger partial charge in [0.2, 0.25) is 11.4 Å². The molecule has 5 heteroatoms. The third-order valence-corrected chi connectivity index (χ3v) is 4.29. The summed E-state index contributed by atoms with van der Waals surface area (Å²) in [6.45, 7) is -0.253. The van der Waals surface area contributed by atoms with Crippen LogP contribution in [0, 0.1) is 0 Å². The summed E-state index contributed by atoms with van der Waals surface area (Å²) in [4.78, 5) is 17.2. The molecule has 25 heavy (non-hydrogen) atoms. The number of amides is 1. The summed E-state index contributed by atoms with van der Waals surface area (Å²) < 4.78 is 54.3. The lowest BCUT2D eigenvalue weighted by atomic mass is 10.0. The molecule has 1 atom stereocenters. The number of amidine groups is 1. The van der Waals surface area contributed by atoms with Crippen LogP contribution in [0.3, 0.4) is 0 Å². The maximum Gasteiger partial charge on any atom is 0.308 e. The van der Waals surface area contributed by atoms with E-state index in [0.717, 1.165) is 34.3 Å². The molecule has 0 fully saturated rings. The van der Waals surface area contributed by atoms with E-state index >= 15 is 0 Å². The second-order valence-electron chi connectivity index (χ2n) is 6.09. The number of benzene rings is 1. The van der Waals surface area contributed by atoms with Crippen LogP contribution in [0.1, 0.15) is 45.9 Å². The molecular formula is C20H22N3O2+. The van der Waals surface area contributed by atoms with Gasteiger partial charge in [-0.2, -0.15) is 4.58 Å². The summed E-state index contributed by atoms with van der Waals surface area (Å²) in [5, 5.41) is 2.80. The Balaban J connectivity index is 1.60. The van der Waals surface area contributed by atoms with Gasteiger partial charge in [-0.3, -0.25) is 4.79 Å². The quantitative estimate of drug-likeness (QED) is 0.859. The molecule has 4 rings (SSSR count). The molecule has 128 valence electrons. The van der Waals surface area contributed by atoms with E-state index in [-0.39, 0.29) is 23.8 Å². The first kappa shape index (κ1) is 10.3. The van der Waals surface area contributed by atoms with Crippen molar-refractivity contribution < 1.29 is 22.3 Å². The lowest BCUT2D eigenvalue weighted by molar-refractivity contribution is -0.337. The van der Waals surface area contributed by atoms with Crippen LogP contribution >= 0.6 is 0 Å². The number of nitrogens with one attached hydrogen (secondary N) is 1. The molecule has 0 radical (unpaired) electrons. The molecule has 1 unspecified atom stereocenters. The Labute approximate surface area is 155 Å². The van der Waals surface area contributed by atoms with Crippen LogP contribution in [0.25, 0.3) is 0 Å². The molecule has 1 aromatic rings. The fraction of sp³-hybridized carbons (Fsp3) is 0.350. The van der Waals surface area contributed by atoms with Crippen LogP contribution < -0.4 is 10.1 Å². The van der Waals surface area contributed by atoms with E-state index < -0.39 is 37.0 Å². The zero-order chi connectivity index (χ0) is 22.5. The lowest BCUT2D eigenvalue weighted by Gasteiger charge is -2.18. The summed E-state index contributed by atoms with van der Waals surface area (Å²) in [7, 11) is 0. The Bertz CT molecular complexity index is 1100. The van der Waals surface area contributed by atoms with Gasteiger partial charge in [0.25, 0.3) is 5.91 Å². The zero-order valence-corrected chi connectivity index (χ0v) is 13.8. The van der Waals surface area contributed by atoms with Crippen LogP contribution in [0.5, 0.6) is 5.75 Å². The van der Waals surface area contributed by atoms with E-state index in [2.05, 4.69) is 10.3 Å². The van der Waals surface area contributed by atoms with Crippen molar-refractivity contribution in [2.45, 2.75) is 39.6 Å². The Kier molecular flexibility index (Phi) is 2.61. The van der Waals surface area contributed by atoms with Crippen molar-refractivity contribution in [2.24, 2.45) is 4.99 Å². The number of aryl methyl sites for hydroxylation is 1. The summed E-state index contributed by atoms with van der Waals surface area (Å²) >= 11 is 0. The number of carbonyl (C=O) groups is 1. The number of aliphatic imine (C=N–C) groups is 1. The Morgan fingerprint density at radius 3 is 3.36 bits per heavy atom. The van der Waals surface area contributed by atoms with Crippen LogP contribution in [0.4, 0.5) is 0 Å². The second kappa shape index (κ2) is 6.31. The molecule has 3 aliphatic rings. The molecule has 3 aliphatic heterocycles. The van der Waals surface area contributed by atoms with Crippen LogP contribution in [-0.2, 0) is 17.8 Å². The Morgan fingerprint density at radius 2 is 2.48 bits per heavy atom. The Hall–Kier alpha value is -2.69. The van der Waals surface area contributed by atoms with Crippen molar-refractivity contribution in [1.82, 2.24) is 5.32 Å². The molecule has 1 N–H and O–H groups in total. The summed E-state index contributed by atoms with van der Waals surface area (Å²) in [5.74, 6) is 0.323. The molecule has 1 aromatic carbocycles. The topological polar surface area (TPSA) is 53.7 Å². The number of allylic oxidation sites excluding steroid dienone is 2. The van der Waals surface area contributed by atoms with Crippen LogP contribution in [0.2, 0.25) is 0 Å². The number of rotatable bonds is 3. The molecule has 1 amide bonds. The lowest BCUT2D eigenvalue weighted by Crippen LogP contribution is -2.32. The van der Waals surface area contributed by atoms with Gasteiger partial charge in [0, 0.05) is 19.0 Å². The predicted octanol–water partition coefficient (Wildman–Crippen LogP) is 2.70. The summed E-state index contributed by atoms with van der Waals surface area (Å²) in [6, 6.07) is 5.24. The first-order valence-electron chi connectivity index (χ1n) is 11.3. The molecule has 5 nitrogen and oxygen atoms in total. The van der Waals surface area contributed by atoms with Gasteiger partial charge in [-0.1, -0.05) is 18.2 Å². The number of carbonyl (C=O) groups excluding carboxylic acids is 1. The average molecular weight is 342 g/mol. The summed E-state index contributed by atoms with van der Waals surface area (Å²) in [5.41, 5.74) is 1.71. The summed E-state index contributed by atoms with van der Waals surface area (Å²) in [6.07, 6.45) is -0.0446. The zero-order valence-electron chi connectivity index (χ0n) is 19.8. The highest BCUT2D eigenvalue weighted by Gasteiger charge is 2.36. The number of ether oxygens (including phenoxy) is 1. The van der Waals surface area contributed by atoms with Crippen molar-refractivity contribution >= 4 is 17.9 Å². The molecule has 0 aromatic heterocycles. The SMILES string of the molecule is [2H]C1=C(C([2H])([2H])[2H])C([2H])=[N+]2C(=NC(C)=C2C(=O)NCc2ccc3c(c2)CCCO3)C1[2H]. The molecule has 0 saturated carbocycles. The fourth-order valence-corrected chi connectivity index (χ4v) is 3.10. The molecule has 3 heterocycles. The third kappa shape index (κ3) is 3.02. The second-order valence-corrected chi connectivity index (χ2v) is 6.09. The van der Waals surface area contributed by atoms with Gasteiger partial charge in [-0.15, -0.1) is 0 Å². The molecular weight excluding hydrogens is 314 g/mol. The monoisotopic (exact) mass is 342 g/mol. The van der Waals surface area contributed by atoms with Gasteiger partial charge in [0.15, 0.2) is 0 Å². The van der Waals surface area contributed by atoms with Gasteiger partial charge in [0.1, 0.15) is 7.12 Å². The Morgan fingerprint density at radius 1 is 1.56 bits per heavy atom. The van der Waals surface area contributed by atoms with Crippen molar-refractivity contribution in [3.05, 3.63) is 52.3 Å². The van der Waals surface area contributed by atoms with E-state index in [1.807, 2.05) is 18.2 Å². The van der Waals surface area contributed by atoms with Crippen molar-refractivity contribution in [3.8, 4) is 5.75 Å². The first-order valence-corrected chi connectivity index (χ1v) is 8.19. The smallest absolute Gasteiger partial charge is 0.308 e. The van der Waals surface area contributed by atoms with Crippen molar-refractivity contribution in [2.75, 3.05) is 6.61 Å². The minimum atomic E-state index is -2.75. The van der Waals surface area contributed by atoms with Gasteiger partial charge in [0.05, 0.1) is 20.6 Å². The standard InChI is InChI=1S/C20H21N3O2/c1-13-5-8-18-22-14(2)19(23(18)12-13)20(24)21-11-15-6-7-17-16(10-15)4-3-9-25-17/h5-7,10,12H,3-4,8-9,11H2,1-2H3/p+1/i1D3,5D,8D,12D. The maximum absolute atomic E-state index is 13.0. The number of fused-ring (bicyclic) bond motifs is 2. The highest BCUT2D eigenvalue weighted by Crippen LogP contribution is 2.26. The molecule has 0 aliphatic carbocycles. The average Bonchev–Trinajstić information content (AvgIpc) is 3.07. The first-order chi connectivity index (χ1) is 14.6. The van der Waals surface area contributed by atoms with Gasteiger partial charge >= 0.3 is 5.84 Å². The van der Waals surface area contributed by atoms with E-state index in [0.29, 0.717) is 6.61 Å². The maximum atomic E-state index is 13.0. The largest absolute Gasteiger partial charge is 0.493 e. The van der Waals surface area contributed by atoms with Gasteiger partial charge < -0.3 is 10.1 Å². The van der Waals surface area contributed by atoms with E-state index in [9.17, 15) is 4.79 Å². The molecule has 0 bridgehead atoms. The molecule has 0 spiro atoms.